The van der Waals surface area contributed by atoms with Crippen molar-refractivity contribution in [2.45, 2.75) is 18.6 Å². The highest BCUT2D eigenvalue weighted by atomic mass is 32.2. The van der Waals surface area contributed by atoms with Crippen LogP contribution < -0.4 is 0 Å². The lowest BCUT2D eigenvalue weighted by Gasteiger charge is -2.37. The van der Waals surface area contributed by atoms with Crippen molar-refractivity contribution in [1.29, 1.82) is 0 Å². The Morgan fingerprint density at radius 2 is 2.00 bits per heavy atom. The van der Waals surface area contributed by atoms with E-state index in [4.69, 9.17) is 4.42 Å². The third-order valence-corrected chi connectivity index (χ3v) is 6.50. The molecule has 1 aliphatic rings. The normalized spacial score (nSPS) is 20.6. The SMILES string of the molecule is CC1(C)CN(C(=O)c2cc3ccccc3o2)CCS1(=O)=O. The van der Waals surface area contributed by atoms with Gasteiger partial charge in [-0.05, 0) is 26.0 Å². The molecule has 6 heteroatoms. The van der Waals surface area contributed by atoms with Gasteiger partial charge in [-0.15, -0.1) is 0 Å². The standard InChI is InChI=1S/C15H17NO4S/c1-15(2)10-16(7-8-21(15,18)19)14(17)13-9-11-5-3-4-6-12(11)20-13/h3-6,9H,7-8,10H2,1-2H3. The van der Waals surface area contributed by atoms with Crippen molar-refractivity contribution in [2.75, 3.05) is 18.8 Å². The quantitative estimate of drug-likeness (QED) is 0.809. The minimum absolute atomic E-state index is 0.00797. The number of fused-ring (bicyclic) bond motifs is 1. The second-order valence-electron chi connectivity index (χ2n) is 5.95. The monoisotopic (exact) mass is 307 g/mol. The lowest BCUT2D eigenvalue weighted by Crippen LogP contribution is -2.54. The lowest BCUT2D eigenvalue weighted by atomic mass is 10.1. The number of amides is 1. The molecule has 0 spiro atoms. The first-order valence-electron chi connectivity index (χ1n) is 6.80. The summed E-state index contributed by atoms with van der Waals surface area (Å²) in [5.74, 6) is -0.00753. The van der Waals surface area contributed by atoms with Gasteiger partial charge in [0.1, 0.15) is 5.58 Å². The number of carbonyl (C=O) groups excluding carboxylic acids is 1. The van der Waals surface area contributed by atoms with Gasteiger partial charge in [0.15, 0.2) is 15.6 Å². The van der Waals surface area contributed by atoms with Gasteiger partial charge >= 0.3 is 0 Å². The maximum atomic E-state index is 12.5. The van der Waals surface area contributed by atoms with E-state index in [9.17, 15) is 13.2 Å². The van der Waals surface area contributed by atoms with Gasteiger partial charge in [-0.25, -0.2) is 8.42 Å². The first-order chi connectivity index (χ1) is 9.80. The topological polar surface area (TPSA) is 67.6 Å². The van der Waals surface area contributed by atoms with Crippen molar-refractivity contribution >= 4 is 26.7 Å². The molecule has 2 heterocycles. The Balaban J connectivity index is 1.89. The molecule has 3 rings (SSSR count). The summed E-state index contributed by atoms with van der Waals surface area (Å²) >= 11 is 0. The molecule has 1 saturated heterocycles. The summed E-state index contributed by atoms with van der Waals surface area (Å²) in [7, 11) is -3.16. The summed E-state index contributed by atoms with van der Waals surface area (Å²) in [5, 5.41) is 0.866. The average Bonchev–Trinajstić information content (AvgIpc) is 2.85. The molecule has 0 atom stereocenters. The fourth-order valence-electron chi connectivity index (χ4n) is 2.56. The number of hydrogen-bond acceptors (Lipinski definition) is 4. The van der Waals surface area contributed by atoms with Crippen molar-refractivity contribution < 1.29 is 17.6 Å². The molecular formula is C15H17NO4S. The van der Waals surface area contributed by atoms with Gasteiger partial charge in [-0.3, -0.25) is 4.79 Å². The van der Waals surface area contributed by atoms with Crippen LogP contribution in [0.25, 0.3) is 11.0 Å². The molecule has 2 aromatic rings. The first kappa shape index (κ1) is 14.1. The number of benzene rings is 1. The van der Waals surface area contributed by atoms with Crippen LogP contribution >= 0.6 is 0 Å². The highest BCUT2D eigenvalue weighted by Gasteiger charge is 2.42. The zero-order valence-electron chi connectivity index (χ0n) is 12.0. The average molecular weight is 307 g/mol. The van der Waals surface area contributed by atoms with Crippen LogP contribution in [0.2, 0.25) is 0 Å². The van der Waals surface area contributed by atoms with Crippen LogP contribution in [0.1, 0.15) is 24.4 Å². The van der Waals surface area contributed by atoms with E-state index in [1.165, 1.54) is 0 Å². The molecule has 5 nitrogen and oxygen atoms in total. The number of furan rings is 1. The maximum Gasteiger partial charge on any atom is 0.289 e. The molecule has 0 saturated carbocycles. The predicted molar refractivity (Wildman–Crippen MR) is 80.0 cm³/mol. The van der Waals surface area contributed by atoms with E-state index in [2.05, 4.69) is 0 Å². The largest absolute Gasteiger partial charge is 0.451 e. The Morgan fingerprint density at radius 3 is 2.67 bits per heavy atom. The van der Waals surface area contributed by atoms with E-state index in [1.54, 1.807) is 30.9 Å². The highest BCUT2D eigenvalue weighted by molar-refractivity contribution is 7.92. The molecule has 1 amide bonds. The van der Waals surface area contributed by atoms with Crippen molar-refractivity contribution in [3.8, 4) is 0 Å². The molecule has 0 bridgehead atoms. The zero-order chi connectivity index (χ0) is 15.3. The van der Waals surface area contributed by atoms with Crippen LogP contribution in [0.15, 0.2) is 34.7 Å². The van der Waals surface area contributed by atoms with Crippen LogP contribution in [-0.2, 0) is 9.84 Å². The van der Waals surface area contributed by atoms with Crippen LogP contribution in [0.5, 0.6) is 0 Å². The molecular weight excluding hydrogens is 290 g/mol. The van der Waals surface area contributed by atoms with Gasteiger partial charge in [0, 0.05) is 18.5 Å². The molecule has 1 aromatic carbocycles. The maximum absolute atomic E-state index is 12.5. The Hall–Kier alpha value is -1.82. The molecule has 1 fully saturated rings. The number of sulfone groups is 1. The van der Waals surface area contributed by atoms with E-state index in [0.717, 1.165) is 5.39 Å². The van der Waals surface area contributed by atoms with Crippen LogP contribution in [-0.4, -0.2) is 42.8 Å². The Morgan fingerprint density at radius 1 is 1.29 bits per heavy atom. The summed E-state index contributed by atoms with van der Waals surface area (Å²) < 4.78 is 28.6. The molecule has 21 heavy (non-hydrogen) atoms. The van der Waals surface area contributed by atoms with Crippen molar-refractivity contribution in [3.63, 3.8) is 0 Å². The summed E-state index contributed by atoms with van der Waals surface area (Å²) in [6.07, 6.45) is 0. The number of hydrogen-bond donors (Lipinski definition) is 0. The fourth-order valence-corrected chi connectivity index (χ4v) is 3.93. The number of para-hydroxylation sites is 1. The van der Waals surface area contributed by atoms with Gasteiger partial charge in [-0.2, -0.15) is 0 Å². The van der Waals surface area contributed by atoms with Crippen LogP contribution in [0.4, 0.5) is 0 Å². The molecule has 1 aromatic heterocycles. The number of rotatable bonds is 1. The minimum atomic E-state index is -3.16. The summed E-state index contributed by atoms with van der Waals surface area (Å²) in [4.78, 5) is 14.1. The van der Waals surface area contributed by atoms with Gasteiger partial charge in [0.25, 0.3) is 5.91 Å². The smallest absolute Gasteiger partial charge is 0.289 e. The summed E-state index contributed by atoms with van der Waals surface area (Å²) in [5.41, 5.74) is 0.657. The van der Waals surface area contributed by atoms with E-state index in [-0.39, 0.29) is 30.5 Å². The predicted octanol–water partition coefficient (Wildman–Crippen LogP) is 2.08. The van der Waals surface area contributed by atoms with Gasteiger partial charge < -0.3 is 9.32 Å². The van der Waals surface area contributed by atoms with E-state index < -0.39 is 14.6 Å². The van der Waals surface area contributed by atoms with Crippen molar-refractivity contribution in [2.24, 2.45) is 0 Å². The number of nitrogens with zero attached hydrogens (tertiary/aromatic N) is 1. The molecule has 0 N–H and O–H groups in total. The third-order valence-electron chi connectivity index (χ3n) is 3.97. The van der Waals surface area contributed by atoms with Gasteiger partial charge in [-0.1, -0.05) is 18.2 Å². The third kappa shape index (κ3) is 2.33. The lowest BCUT2D eigenvalue weighted by molar-refractivity contribution is 0.0714. The molecule has 112 valence electrons. The van der Waals surface area contributed by atoms with E-state index in [1.807, 2.05) is 18.2 Å². The van der Waals surface area contributed by atoms with E-state index in [0.29, 0.717) is 5.58 Å². The van der Waals surface area contributed by atoms with Gasteiger partial charge in [0.05, 0.1) is 10.5 Å². The summed E-state index contributed by atoms with van der Waals surface area (Å²) in [6.45, 7) is 3.70. The second kappa shape index (κ2) is 4.59. The Labute approximate surface area is 123 Å². The molecule has 0 aliphatic carbocycles. The van der Waals surface area contributed by atoms with Crippen LogP contribution in [0.3, 0.4) is 0 Å². The van der Waals surface area contributed by atoms with E-state index >= 15 is 0 Å². The first-order valence-corrected chi connectivity index (χ1v) is 8.46. The Bertz CT molecular complexity index is 771. The number of carbonyl (C=O) groups is 1. The zero-order valence-corrected chi connectivity index (χ0v) is 12.8. The Kier molecular flexibility index (Phi) is 3.09. The molecule has 1 aliphatic heterocycles. The summed E-state index contributed by atoms with van der Waals surface area (Å²) in [6, 6.07) is 9.10. The minimum Gasteiger partial charge on any atom is -0.451 e. The van der Waals surface area contributed by atoms with Gasteiger partial charge in [0.2, 0.25) is 0 Å². The molecule has 0 unspecified atom stereocenters. The van der Waals surface area contributed by atoms with Crippen molar-refractivity contribution in [1.82, 2.24) is 4.90 Å². The fraction of sp³-hybridized carbons (Fsp3) is 0.400. The highest BCUT2D eigenvalue weighted by Crippen LogP contribution is 2.26. The second-order valence-corrected chi connectivity index (χ2v) is 8.70. The van der Waals surface area contributed by atoms with Crippen molar-refractivity contribution in [3.05, 3.63) is 36.1 Å². The van der Waals surface area contributed by atoms with Crippen LogP contribution in [0, 0.1) is 0 Å². The molecule has 0 radical (unpaired) electrons.